The maximum absolute atomic E-state index is 13.3. The van der Waals surface area contributed by atoms with Crippen molar-refractivity contribution in [1.29, 1.82) is 0 Å². The predicted molar refractivity (Wildman–Crippen MR) is 109 cm³/mol. The summed E-state index contributed by atoms with van der Waals surface area (Å²) >= 11 is 0. The molecule has 2 aromatic carbocycles. The van der Waals surface area contributed by atoms with Gasteiger partial charge in [0.05, 0.1) is 19.8 Å². The van der Waals surface area contributed by atoms with Crippen molar-refractivity contribution in [2.24, 2.45) is 5.73 Å². The number of fused-ring (bicyclic) bond motifs is 1. The fourth-order valence-corrected chi connectivity index (χ4v) is 3.52. The Morgan fingerprint density at radius 3 is 2.53 bits per heavy atom. The summed E-state index contributed by atoms with van der Waals surface area (Å²) < 4.78 is 25.7. The van der Waals surface area contributed by atoms with Crippen LogP contribution in [0.25, 0.3) is 11.4 Å². The highest BCUT2D eigenvalue weighted by Crippen LogP contribution is 2.40. The molecule has 0 saturated heterocycles. The van der Waals surface area contributed by atoms with Crippen LogP contribution in [-0.2, 0) is 4.79 Å². The summed E-state index contributed by atoms with van der Waals surface area (Å²) in [7, 11) is 3.09. The Morgan fingerprint density at radius 1 is 1.17 bits per heavy atom. The third-order valence-corrected chi connectivity index (χ3v) is 4.96. The second-order valence-electron chi connectivity index (χ2n) is 6.75. The van der Waals surface area contributed by atoms with Crippen LogP contribution in [0.3, 0.4) is 0 Å². The minimum absolute atomic E-state index is 0.335. The van der Waals surface area contributed by atoms with E-state index in [1.54, 1.807) is 49.0 Å². The number of hydrogen-bond donors (Lipinski definition) is 2. The molecule has 0 bridgehead atoms. The molecule has 1 atom stereocenters. The maximum Gasteiger partial charge on any atom is 0.248 e. The van der Waals surface area contributed by atoms with Gasteiger partial charge < -0.3 is 20.5 Å². The summed E-state index contributed by atoms with van der Waals surface area (Å²) in [5.74, 6) is 0.991. The Hall–Kier alpha value is -3.88. The number of nitrogens with two attached hydrogens (primary N) is 1. The van der Waals surface area contributed by atoms with Crippen molar-refractivity contribution in [3.05, 3.63) is 65.1 Å². The second-order valence-corrected chi connectivity index (χ2v) is 6.75. The lowest BCUT2D eigenvalue weighted by atomic mass is 9.94. The van der Waals surface area contributed by atoms with Gasteiger partial charge in [-0.3, -0.25) is 4.79 Å². The van der Waals surface area contributed by atoms with Gasteiger partial charge in [0.15, 0.2) is 5.82 Å². The minimum atomic E-state index is -0.665. The molecule has 0 radical (unpaired) electrons. The van der Waals surface area contributed by atoms with Crippen LogP contribution in [0.15, 0.2) is 53.7 Å². The van der Waals surface area contributed by atoms with Crippen molar-refractivity contribution in [3.63, 3.8) is 0 Å². The average molecular weight is 409 g/mol. The molecule has 4 rings (SSSR count). The van der Waals surface area contributed by atoms with Crippen molar-refractivity contribution in [3.8, 4) is 22.9 Å². The fraction of sp³-hybridized carbons (Fsp3) is 0.190. The molecule has 1 aromatic heterocycles. The fourth-order valence-electron chi connectivity index (χ4n) is 3.52. The highest BCUT2D eigenvalue weighted by Gasteiger charge is 2.35. The molecule has 0 aliphatic carbocycles. The Labute approximate surface area is 172 Å². The molecule has 3 aromatic rings. The molecule has 0 spiro atoms. The number of aromatic nitrogens is 3. The Morgan fingerprint density at radius 2 is 1.90 bits per heavy atom. The van der Waals surface area contributed by atoms with Gasteiger partial charge >= 0.3 is 0 Å². The van der Waals surface area contributed by atoms with Crippen molar-refractivity contribution >= 4 is 11.9 Å². The summed E-state index contributed by atoms with van der Waals surface area (Å²) in [4.78, 5) is 16.9. The number of rotatable bonds is 5. The Bertz CT molecular complexity index is 1150. The molecular formula is C21H20FN5O3. The van der Waals surface area contributed by atoms with Crippen LogP contribution in [0.4, 0.5) is 10.3 Å². The number of halogens is 1. The van der Waals surface area contributed by atoms with Gasteiger partial charge in [0.2, 0.25) is 11.9 Å². The highest BCUT2D eigenvalue weighted by molar-refractivity contribution is 5.95. The number of methoxy groups -OCH3 is 2. The number of hydrogen-bond acceptors (Lipinski definition) is 6. The van der Waals surface area contributed by atoms with Crippen LogP contribution >= 0.6 is 0 Å². The molecule has 0 saturated carbocycles. The van der Waals surface area contributed by atoms with Crippen molar-refractivity contribution in [2.45, 2.75) is 13.0 Å². The van der Waals surface area contributed by atoms with Crippen LogP contribution in [0.1, 0.15) is 18.5 Å². The molecule has 2 heterocycles. The number of anilines is 1. The van der Waals surface area contributed by atoms with Gasteiger partial charge in [0.1, 0.15) is 23.4 Å². The van der Waals surface area contributed by atoms with Crippen molar-refractivity contribution in [1.82, 2.24) is 14.8 Å². The van der Waals surface area contributed by atoms with E-state index in [4.69, 9.17) is 15.2 Å². The van der Waals surface area contributed by atoms with E-state index >= 15 is 0 Å². The molecule has 1 aliphatic rings. The summed E-state index contributed by atoms with van der Waals surface area (Å²) in [5.41, 5.74) is 7.93. The van der Waals surface area contributed by atoms with E-state index in [1.807, 2.05) is 0 Å². The maximum atomic E-state index is 13.3. The number of ether oxygens (including phenoxy) is 2. The molecule has 0 fully saturated rings. The summed E-state index contributed by atoms with van der Waals surface area (Å²) in [6.07, 6.45) is 0. The topological polar surface area (TPSA) is 104 Å². The van der Waals surface area contributed by atoms with Gasteiger partial charge in [-0.25, -0.2) is 9.07 Å². The van der Waals surface area contributed by atoms with Crippen LogP contribution in [0.2, 0.25) is 0 Å². The van der Waals surface area contributed by atoms with E-state index in [-0.39, 0.29) is 5.82 Å². The molecule has 30 heavy (non-hydrogen) atoms. The van der Waals surface area contributed by atoms with Crippen molar-refractivity contribution in [2.75, 3.05) is 19.5 Å². The van der Waals surface area contributed by atoms with Gasteiger partial charge in [-0.1, -0.05) is 0 Å². The predicted octanol–water partition coefficient (Wildman–Crippen LogP) is 2.88. The molecule has 1 aliphatic heterocycles. The second kappa shape index (κ2) is 7.51. The Kier molecular flexibility index (Phi) is 4.86. The number of nitrogens with zero attached hydrogens (tertiary/aromatic N) is 3. The zero-order valence-corrected chi connectivity index (χ0v) is 16.6. The van der Waals surface area contributed by atoms with Crippen LogP contribution in [0.5, 0.6) is 11.5 Å². The quantitative estimate of drug-likeness (QED) is 0.672. The first-order valence-corrected chi connectivity index (χ1v) is 9.15. The number of carbonyl (C=O) groups is 1. The first kappa shape index (κ1) is 19.4. The monoisotopic (exact) mass is 409 g/mol. The number of carbonyl (C=O) groups excluding carboxylic acids is 1. The standard InChI is InChI=1S/C21H20FN5O3/c1-11-17(19(23)28)18(15-9-8-14(29-2)10-16(15)30-3)27-21(24-11)25-20(26-27)12-4-6-13(22)7-5-12/h4-10,18H,1-3H3,(H2,23,28)(H,24,25,26). The number of primary amides is 1. The van der Waals surface area contributed by atoms with E-state index in [2.05, 4.69) is 15.4 Å². The van der Waals surface area contributed by atoms with Crippen molar-refractivity contribution < 1.29 is 18.7 Å². The lowest BCUT2D eigenvalue weighted by molar-refractivity contribution is -0.115. The zero-order valence-electron chi connectivity index (χ0n) is 16.6. The molecule has 154 valence electrons. The zero-order chi connectivity index (χ0) is 21.4. The smallest absolute Gasteiger partial charge is 0.248 e. The molecule has 1 unspecified atom stereocenters. The number of allylic oxidation sites excluding steroid dienone is 1. The van der Waals surface area contributed by atoms with E-state index < -0.39 is 11.9 Å². The third-order valence-electron chi connectivity index (χ3n) is 4.96. The first-order valence-electron chi connectivity index (χ1n) is 9.15. The van der Waals surface area contributed by atoms with Gasteiger partial charge in [-0.05, 0) is 43.3 Å². The van der Waals surface area contributed by atoms with Crippen LogP contribution in [0, 0.1) is 5.82 Å². The Balaban J connectivity index is 1.90. The normalized spacial score (nSPS) is 15.4. The third kappa shape index (κ3) is 3.24. The van der Waals surface area contributed by atoms with E-state index in [0.29, 0.717) is 45.7 Å². The van der Waals surface area contributed by atoms with Gasteiger partial charge in [-0.2, -0.15) is 4.98 Å². The van der Waals surface area contributed by atoms with Gasteiger partial charge in [0, 0.05) is 22.9 Å². The van der Waals surface area contributed by atoms with Gasteiger partial charge in [-0.15, -0.1) is 5.10 Å². The van der Waals surface area contributed by atoms with E-state index in [9.17, 15) is 9.18 Å². The van der Waals surface area contributed by atoms with Gasteiger partial charge in [0.25, 0.3) is 0 Å². The summed E-state index contributed by atoms with van der Waals surface area (Å²) in [6, 6.07) is 10.5. The number of amides is 1. The largest absolute Gasteiger partial charge is 0.497 e. The highest BCUT2D eigenvalue weighted by atomic mass is 19.1. The lowest BCUT2D eigenvalue weighted by Crippen LogP contribution is -2.32. The number of benzene rings is 2. The number of nitrogens with one attached hydrogen (secondary N) is 1. The van der Waals surface area contributed by atoms with Crippen LogP contribution in [-0.4, -0.2) is 34.9 Å². The SMILES string of the molecule is COc1ccc(C2C(C(N)=O)=C(C)Nc3nc(-c4ccc(F)cc4)nn32)c(OC)c1. The molecule has 8 nitrogen and oxygen atoms in total. The molecule has 1 amide bonds. The van der Waals surface area contributed by atoms with Crippen LogP contribution < -0.4 is 20.5 Å². The average Bonchev–Trinajstić information content (AvgIpc) is 3.16. The van der Waals surface area contributed by atoms with E-state index in [1.165, 1.54) is 19.2 Å². The summed E-state index contributed by atoms with van der Waals surface area (Å²) in [6.45, 7) is 1.75. The lowest BCUT2D eigenvalue weighted by Gasteiger charge is -2.28. The molecule has 3 N–H and O–H groups in total. The van der Waals surface area contributed by atoms with E-state index in [0.717, 1.165) is 0 Å². The molecule has 9 heteroatoms. The summed E-state index contributed by atoms with van der Waals surface area (Å²) in [5, 5.41) is 7.67. The molecular weight excluding hydrogens is 389 g/mol. The minimum Gasteiger partial charge on any atom is -0.497 e. The first-order chi connectivity index (χ1) is 14.4.